The van der Waals surface area contributed by atoms with E-state index in [0.717, 1.165) is 15.6 Å². The first-order chi connectivity index (χ1) is 9.99. The SMILES string of the molecule is Cc1c(Br)ccc(NC(=O)COC(=O)c2cccs2)c1C. The lowest BCUT2D eigenvalue weighted by Gasteiger charge is -2.11. The zero-order chi connectivity index (χ0) is 15.4. The number of nitrogens with one attached hydrogen (secondary N) is 1. The second-order valence-electron chi connectivity index (χ2n) is 4.45. The van der Waals surface area contributed by atoms with Crippen molar-refractivity contribution in [2.24, 2.45) is 0 Å². The molecule has 0 fully saturated rings. The molecule has 0 aliphatic heterocycles. The van der Waals surface area contributed by atoms with Gasteiger partial charge >= 0.3 is 5.97 Å². The minimum Gasteiger partial charge on any atom is -0.451 e. The molecule has 110 valence electrons. The predicted octanol–water partition coefficient (Wildman–Crippen LogP) is 3.92. The highest BCUT2D eigenvalue weighted by molar-refractivity contribution is 9.10. The van der Waals surface area contributed by atoms with E-state index in [1.54, 1.807) is 17.5 Å². The maximum atomic E-state index is 11.8. The minimum atomic E-state index is -0.483. The number of ether oxygens (including phenoxy) is 1. The van der Waals surface area contributed by atoms with E-state index in [-0.39, 0.29) is 12.5 Å². The smallest absolute Gasteiger partial charge is 0.348 e. The summed E-state index contributed by atoms with van der Waals surface area (Å²) in [5.41, 5.74) is 2.75. The third kappa shape index (κ3) is 3.92. The number of thiophene rings is 1. The lowest BCUT2D eigenvalue weighted by atomic mass is 10.1. The van der Waals surface area contributed by atoms with Crippen LogP contribution in [0, 0.1) is 13.8 Å². The molecule has 1 aromatic carbocycles. The number of hydrogen-bond acceptors (Lipinski definition) is 4. The molecular weight excluding hydrogens is 354 g/mol. The highest BCUT2D eigenvalue weighted by atomic mass is 79.9. The number of hydrogen-bond donors (Lipinski definition) is 1. The number of esters is 1. The van der Waals surface area contributed by atoms with Gasteiger partial charge in [-0.05, 0) is 48.6 Å². The number of benzene rings is 1. The van der Waals surface area contributed by atoms with Crippen molar-refractivity contribution in [2.75, 3.05) is 11.9 Å². The fraction of sp³-hybridized carbons (Fsp3) is 0.200. The van der Waals surface area contributed by atoms with Crippen molar-refractivity contribution in [1.29, 1.82) is 0 Å². The van der Waals surface area contributed by atoms with Gasteiger partial charge < -0.3 is 10.1 Å². The van der Waals surface area contributed by atoms with Crippen molar-refractivity contribution in [3.63, 3.8) is 0 Å². The van der Waals surface area contributed by atoms with Crippen LogP contribution >= 0.6 is 27.3 Å². The Hall–Kier alpha value is -1.66. The minimum absolute atomic E-state index is 0.300. The zero-order valence-corrected chi connectivity index (χ0v) is 14.0. The van der Waals surface area contributed by atoms with E-state index < -0.39 is 5.97 Å². The van der Waals surface area contributed by atoms with Gasteiger partial charge in [0.2, 0.25) is 0 Å². The van der Waals surface area contributed by atoms with Crippen LogP contribution in [0.4, 0.5) is 5.69 Å². The third-order valence-electron chi connectivity index (χ3n) is 3.05. The summed E-state index contributed by atoms with van der Waals surface area (Å²) in [5, 5.41) is 4.53. The molecule has 0 unspecified atom stereocenters. The first kappa shape index (κ1) is 15.7. The Labute approximate surface area is 135 Å². The van der Waals surface area contributed by atoms with Crippen molar-refractivity contribution in [3.8, 4) is 0 Å². The molecule has 1 N–H and O–H groups in total. The summed E-state index contributed by atoms with van der Waals surface area (Å²) < 4.78 is 5.95. The number of anilines is 1. The number of carbonyl (C=O) groups is 2. The highest BCUT2D eigenvalue weighted by Crippen LogP contribution is 2.25. The Bertz CT molecular complexity index is 668. The quantitative estimate of drug-likeness (QED) is 0.833. The van der Waals surface area contributed by atoms with Crippen molar-refractivity contribution < 1.29 is 14.3 Å². The van der Waals surface area contributed by atoms with E-state index in [2.05, 4.69) is 21.2 Å². The van der Waals surface area contributed by atoms with Crippen molar-refractivity contribution in [3.05, 3.63) is 50.1 Å². The molecule has 1 aromatic heterocycles. The van der Waals surface area contributed by atoms with E-state index in [9.17, 15) is 9.59 Å². The molecule has 2 aromatic rings. The van der Waals surface area contributed by atoms with Gasteiger partial charge in [0.15, 0.2) is 6.61 Å². The Morgan fingerprint density at radius 2 is 2.00 bits per heavy atom. The van der Waals surface area contributed by atoms with Crippen LogP contribution in [0.2, 0.25) is 0 Å². The van der Waals surface area contributed by atoms with Gasteiger partial charge in [-0.25, -0.2) is 4.79 Å². The summed E-state index contributed by atoms with van der Waals surface area (Å²) in [6.07, 6.45) is 0. The van der Waals surface area contributed by atoms with Crippen LogP contribution < -0.4 is 5.32 Å². The monoisotopic (exact) mass is 367 g/mol. The molecule has 1 amide bonds. The lowest BCUT2D eigenvalue weighted by molar-refractivity contribution is -0.119. The van der Waals surface area contributed by atoms with Crippen molar-refractivity contribution >= 4 is 44.8 Å². The van der Waals surface area contributed by atoms with Crippen LogP contribution in [-0.4, -0.2) is 18.5 Å². The van der Waals surface area contributed by atoms with Crippen molar-refractivity contribution in [2.45, 2.75) is 13.8 Å². The van der Waals surface area contributed by atoms with Gasteiger partial charge in [0.25, 0.3) is 5.91 Å². The Morgan fingerprint density at radius 1 is 1.24 bits per heavy atom. The highest BCUT2D eigenvalue weighted by Gasteiger charge is 2.12. The summed E-state index contributed by atoms with van der Waals surface area (Å²) >= 11 is 4.72. The maximum Gasteiger partial charge on any atom is 0.348 e. The van der Waals surface area contributed by atoms with Gasteiger partial charge in [0, 0.05) is 10.2 Å². The van der Waals surface area contributed by atoms with Crippen LogP contribution in [-0.2, 0) is 9.53 Å². The standard InChI is InChI=1S/C15H14BrNO3S/c1-9-10(2)12(6-5-11(9)16)17-14(18)8-20-15(19)13-4-3-7-21-13/h3-7H,8H2,1-2H3,(H,17,18). The van der Waals surface area contributed by atoms with Gasteiger partial charge in [-0.1, -0.05) is 22.0 Å². The Balaban J connectivity index is 1.93. The first-order valence-corrected chi connectivity index (χ1v) is 7.92. The molecule has 0 aliphatic rings. The number of carbonyl (C=O) groups excluding carboxylic acids is 2. The van der Waals surface area contributed by atoms with E-state index >= 15 is 0 Å². The average molecular weight is 368 g/mol. The summed E-state index contributed by atoms with van der Waals surface area (Å²) in [4.78, 5) is 24.0. The summed E-state index contributed by atoms with van der Waals surface area (Å²) in [7, 11) is 0. The molecule has 0 aliphatic carbocycles. The van der Waals surface area contributed by atoms with E-state index in [4.69, 9.17) is 4.74 Å². The van der Waals surface area contributed by atoms with Gasteiger partial charge in [0.05, 0.1) is 0 Å². The molecule has 4 nitrogen and oxygen atoms in total. The number of amides is 1. The van der Waals surface area contributed by atoms with Crippen LogP contribution in [0.3, 0.4) is 0 Å². The van der Waals surface area contributed by atoms with Crippen molar-refractivity contribution in [1.82, 2.24) is 0 Å². The Kier molecular flexibility index (Phi) is 5.14. The van der Waals surface area contributed by atoms with Crippen LogP contribution in [0.15, 0.2) is 34.1 Å². The molecule has 21 heavy (non-hydrogen) atoms. The van der Waals surface area contributed by atoms with E-state index in [1.807, 2.05) is 26.0 Å². The summed E-state index contributed by atoms with van der Waals surface area (Å²) in [6, 6.07) is 7.10. The van der Waals surface area contributed by atoms with Crippen LogP contribution in [0.1, 0.15) is 20.8 Å². The summed E-state index contributed by atoms with van der Waals surface area (Å²) in [6.45, 7) is 3.59. The largest absolute Gasteiger partial charge is 0.451 e. The molecule has 0 bridgehead atoms. The third-order valence-corrected chi connectivity index (χ3v) is 4.76. The van der Waals surface area contributed by atoms with Crippen LogP contribution in [0.25, 0.3) is 0 Å². The molecule has 1 heterocycles. The second-order valence-corrected chi connectivity index (χ2v) is 6.25. The lowest BCUT2D eigenvalue weighted by Crippen LogP contribution is -2.21. The molecule has 2 rings (SSSR count). The number of halogens is 1. The van der Waals surface area contributed by atoms with Crippen LogP contribution in [0.5, 0.6) is 0 Å². The molecule has 0 saturated heterocycles. The second kappa shape index (κ2) is 6.87. The van der Waals surface area contributed by atoms with Gasteiger partial charge in [0.1, 0.15) is 4.88 Å². The van der Waals surface area contributed by atoms with E-state index in [0.29, 0.717) is 10.6 Å². The van der Waals surface area contributed by atoms with Gasteiger partial charge in [-0.15, -0.1) is 11.3 Å². The molecule has 0 saturated carbocycles. The van der Waals surface area contributed by atoms with Gasteiger partial charge in [-0.2, -0.15) is 0 Å². The first-order valence-electron chi connectivity index (χ1n) is 6.25. The van der Waals surface area contributed by atoms with E-state index in [1.165, 1.54) is 11.3 Å². The maximum absolute atomic E-state index is 11.8. The predicted molar refractivity (Wildman–Crippen MR) is 86.8 cm³/mol. The zero-order valence-electron chi connectivity index (χ0n) is 11.6. The molecule has 0 spiro atoms. The fourth-order valence-electron chi connectivity index (χ4n) is 1.71. The van der Waals surface area contributed by atoms with Gasteiger partial charge in [-0.3, -0.25) is 4.79 Å². The molecule has 6 heteroatoms. The number of rotatable bonds is 4. The average Bonchev–Trinajstić information content (AvgIpc) is 3.00. The Morgan fingerprint density at radius 3 is 2.67 bits per heavy atom. The summed E-state index contributed by atoms with van der Waals surface area (Å²) in [5.74, 6) is -0.839. The fourth-order valence-corrected chi connectivity index (χ4v) is 2.75. The molecule has 0 radical (unpaired) electrons. The molecule has 0 atom stereocenters. The normalized spacial score (nSPS) is 10.2. The topological polar surface area (TPSA) is 55.4 Å². The molecular formula is C15H14BrNO3S.